The summed E-state index contributed by atoms with van der Waals surface area (Å²) >= 11 is 0. The molecule has 3 saturated heterocycles. The fraction of sp³-hybridized carbons (Fsp3) is 0.267. The molecule has 9 aromatic carbocycles. The van der Waals surface area contributed by atoms with Crippen LogP contribution in [-0.4, -0.2) is 53.0 Å². The van der Waals surface area contributed by atoms with Gasteiger partial charge in [0.1, 0.15) is 0 Å². The minimum absolute atomic E-state index is 0.270. The van der Waals surface area contributed by atoms with Crippen molar-refractivity contribution in [3.63, 3.8) is 0 Å². The van der Waals surface area contributed by atoms with Crippen molar-refractivity contribution in [2.45, 2.75) is 93.2 Å². The van der Waals surface area contributed by atoms with Crippen LogP contribution in [-0.2, 0) is 0 Å². The Morgan fingerprint density at radius 3 is 1.32 bits per heavy atom. The molecule has 402 valence electrons. The van der Waals surface area contributed by atoms with Gasteiger partial charge in [-0.3, -0.25) is 9.89 Å². The van der Waals surface area contributed by atoms with Gasteiger partial charge in [0.2, 0.25) is 0 Å². The van der Waals surface area contributed by atoms with Crippen LogP contribution in [0.1, 0.15) is 138 Å². The number of fused-ring (bicyclic) bond motifs is 7. The van der Waals surface area contributed by atoms with Gasteiger partial charge in [-0.2, -0.15) is 0 Å². The smallest absolute Gasteiger partial charge is 0.0548 e. The Balaban J connectivity index is 0.862. The highest BCUT2D eigenvalue weighted by atomic mass is 15.1. The molecule has 3 fully saturated rings. The summed E-state index contributed by atoms with van der Waals surface area (Å²) < 4.78 is 5.18. The lowest BCUT2D eigenvalue weighted by Crippen LogP contribution is -2.34. The van der Waals surface area contributed by atoms with Crippen LogP contribution in [0.3, 0.4) is 0 Å². The van der Waals surface area contributed by atoms with Crippen LogP contribution in [0, 0.1) is 0 Å². The number of hydrogen-bond donors (Lipinski definition) is 2. The molecule has 6 heterocycles. The van der Waals surface area contributed by atoms with Crippen molar-refractivity contribution < 1.29 is 0 Å². The van der Waals surface area contributed by atoms with Crippen molar-refractivity contribution in [1.29, 1.82) is 0 Å². The summed E-state index contributed by atoms with van der Waals surface area (Å²) in [4.78, 5) is 8.08. The van der Waals surface area contributed by atoms with Crippen molar-refractivity contribution >= 4 is 49.3 Å². The summed E-state index contributed by atoms with van der Waals surface area (Å²) in [5, 5.41) is 13.3. The third-order valence-electron chi connectivity index (χ3n) is 19.4. The maximum atomic E-state index is 5.45. The average molecular weight is 1060 g/mol. The van der Waals surface area contributed by atoms with Gasteiger partial charge >= 0.3 is 0 Å². The van der Waals surface area contributed by atoms with Gasteiger partial charge in [-0.1, -0.05) is 164 Å². The number of aliphatic imine (C=N–C) groups is 1. The lowest BCUT2D eigenvalue weighted by atomic mass is 9.84. The van der Waals surface area contributed by atoms with Gasteiger partial charge in [0.05, 0.1) is 22.1 Å². The van der Waals surface area contributed by atoms with E-state index in [0.29, 0.717) is 29.7 Å². The van der Waals surface area contributed by atoms with Crippen LogP contribution in [0.15, 0.2) is 223 Å². The van der Waals surface area contributed by atoms with Gasteiger partial charge in [0.15, 0.2) is 0 Å². The van der Waals surface area contributed by atoms with Gasteiger partial charge in [0, 0.05) is 88.9 Å². The van der Waals surface area contributed by atoms with E-state index in [0.717, 1.165) is 64.7 Å². The highest BCUT2D eigenvalue weighted by Crippen LogP contribution is 2.46. The molecule has 0 amide bonds. The predicted molar refractivity (Wildman–Crippen MR) is 337 cm³/mol. The van der Waals surface area contributed by atoms with E-state index >= 15 is 0 Å². The van der Waals surface area contributed by atoms with Crippen LogP contribution in [0.2, 0.25) is 0 Å². The summed E-state index contributed by atoms with van der Waals surface area (Å²) in [6, 6.07) is 83.6. The molecule has 6 nitrogen and oxygen atoms in total. The number of para-hydroxylation sites is 2. The maximum Gasteiger partial charge on any atom is 0.0548 e. The lowest BCUT2D eigenvalue weighted by molar-refractivity contribution is 0.168. The third kappa shape index (κ3) is 9.41. The second-order valence-corrected chi connectivity index (χ2v) is 24.1. The molecule has 81 heavy (non-hydrogen) atoms. The van der Waals surface area contributed by atoms with Crippen LogP contribution >= 0.6 is 0 Å². The van der Waals surface area contributed by atoms with Crippen molar-refractivity contribution in [2.75, 3.05) is 33.2 Å². The number of rotatable bonds is 10. The molecule has 0 spiro atoms. The summed E-state index contributed by atoms with van der Waals surface area (Å²) in [5.74, 6) is 2.01. The van der Waals surface area contributed by atoms with Crippen molar-refractivity contribution in [1.82, 2.24) is 24.7 Å². The first-order valence-electron chi connectivity index (χ1n) is 30.2. The number of benzene rings is 9. The minimum Gasteiger partial charge on any atom is -0.309 e. The molecule has 2 N–H and O–H groups in total. The predicted octanol–water partition coefficient (Wildman–Crippen LogP) is 17.2. The van der Waals surface area contributed by atoms with E-state index in [1.54, 1.807) is 0 Å². The molecule has 0 aliphatic carbocycles. The molecule has 4 aliphatic rings. The quantitative estimate of drug-likeness (QED) is 0.143. The Hall–Kier alpha value is -7.87. The number of aromatic nitrogens is 2. The molecule has 4 aliphatic heterocycles. The Bertz CT molecular complexity index is 3990. The minimum atomic E-state index is 0.270. The van der Waals surface area contributed by atoms with E-state index in [2.05, 4.69) is 250 Å². The zero-order valence-electron chi connectivity index (χ0n) is 46.6. The molecule has 0 saturated carbocycles. The number of nitrogens with zero attached hydrogens (tertiary/aromatic N) is 4. The van der Waals surface area contributed by atoms with Crippen LogP contribution < -0.4 is 10.6 Å². The summed E-state index contributed by atoms with van der Waals surface area (Å²) in [5.41, 5.74) is 19.8. The molecular weight excluding hydrogens is 985 g/mol. The van der Waals surface area contributed by atoms with E-state index < -0.39 is 0 Å². The highest BCUT2D eigenvalue weighted by Gasteiger charge is 2.32. The van der Waals surface area contributed by atoms with Crippen molar-refractivity contribution in [3.05, 3.63) is 263 Å². The Morgan fingerprint density at radius 2 is 0.840 bits per heavy atom. The molecule has 11 aromatic rings. The highest BCUT2D eigenvalue weighted by molar-refractivity contribution is 6.29. The Labute approximate surface area is 477 Å². The van der Waals surface area contributed by atoms with Gasteiger partial charge in [-0.15, -0.1) is 0 Å². The number of hydrogen-bond acceptors (Lipinski definition) is 4. The zero-order chi connectivity index (χ0) is 53.8. The molecule has 0 radical (unpaired) electrons. The van der Waals surface area contributed by atoms with E-state index in [1.165, 1.54) is 118 Å². The van der Waals surface area contributed by atoms with Gasteiger partial charge in [-0.25, -0.2) is 0 Å². The van der Waals surface area contributed by atoms with Crippen molar-refractivity contribution in [3.8, 4) is 11.4 Å². The molecule has 6 heteroatoms. The average Bonchev–Trinajstić information content (AvgIpc) is 3.43. The SMILES string of the molecule is CN1CC(c2ccccc2)CCC1c1cc(C2=NCC(c3ccccc3)CC2)cc(-n2c3ccccc3c3c4c5ccccc5n(-c5cc(C6CCC(c7ccccc7)CN6)cc(C6CCC(c7ccccc7)CN6)c5)c4ccc32)c1. The Morgan fingerprint density at radius 1 is 0.383 bits per heavy atom. The van der Waals surface area contributed by atoms with Gasteiger partial charge < -0.3 is 19.8 Å². The van der Waals surface area contributed by atoms with Crippen LogP contribution in [0.25, 0.3) is 55.0 Å². The van der Waals surface area contributed by atoms with E-state index in [1.807, 2.05) is 0 Å². The first kappa shape index (κ1) is 50.1. The van der Waals surface area contributed by atoms with E-state index in [-0.39, 0.29) is 12.1 Å². The Kier molecular flexibility index (Phi) is 13.3. The zero-order valence-corrected chi connectivity index (χ0v) is 46.6. The van der Waals surface area contributed by atoms with Crippen LogP contribution in [0.4, 0.5) is 0 Å². The number of nitrogens with one attached hydrogen (secondary N) is 2. The fourth-order valence-corrected chi connectivity index (χ4v) is 15.2. The number of likely N-dealkylation sites (tertiary alicyclic amines) is 1. The summed E-state index contributed by atoms with van der Waals surface area (Å²) in [6.07, 6.45) is 8.86. The number of piperidine rings is 3. The molecule has 2 aromatic heterocycles. The maximum absolute atomic E-state index is 5.45. The van der Waals surface area contributed by atoms with Gasteiger partial charge in [0.25, 0.3) is 0 Å². The van der Waals surface area contributed by atoms with E-state index in [9.17, 15) is 0 Å². The van der Waals surface area contributed by atoms with Crippen LogP contribution in [0.5, 0.6) is 0 Å². The molecular formula is C75H72N6. The standard InChI is InChI=1S/C75H72N6/c1-79-49-57(53-24-12-5-13-25-53)33-37-69(79)61-41-60(68-36-32-56(48-78-68)52-22-10-4-11-23-52)44-63(45-61)81-71-29-17-15-27-65(71)75-73(81)39-38-72-74(75)64-26-14-16-28-70(64)80(72)62-42-58(66-34-30-54(46-76-66)50-18-6-2-7-19-50)40-59(43-62)67-35-31-55(47-77-67)51-20-8-3-9-21-51/h2-29,38-45,54-57,66-67,69,76-77H,30-37,46-49H2,1H3. The monoisotopic (exact) mass is 1060 g/mol. The third-order valence-corrected chi connectivity index (χ3v) is 19.4. The lowest BCUT2D eigenvalue weighted by Gasteiger charge is -2.38. The topological polar surface area (TPSA) is 49.5 Å². The number of likely N-dealkylation sites (N-methyl/N-ethyl adjacent to an activating group) is 1. The molecule has 0 bridgehead atoms. The molecule has 7 unspecified atom stereocenters. The summed E-state index contributed by atoms with van der Waals surface area (Å²) in [6.45, 7) is 3.81. The second kappa shape index (κ2) is 21.6. The summed E-state index contributed by atoms with van der Waals surface area (Å²) in [7, 11) is 2.35. The van der Waals surface area contributed by atoms with E-state index in [4.69, 9.17) is 4.99 Å². The van der Waals surface area contributed by atoms with Gasteiger partial charge in [-0.05, 0) is 175 Å². The molecule has 7 atom stereocenters. The second-order valence-electron chi connectivity index (χ2n) is 24.1. The fourth-order valence-electron chi connectivity index (χ4n) is 15.2. The first-order valence-corrected chi connectivity index (χ1v) is 30.2. The van der Waals surface area contributed by atoms with Crippen molar-refractivity contribution in [2.24, 2.45) is 4.99 Å². The first-order chi connectivity index (χ1) is 40.1. The normalized spacial score (nSPS) is 22.8. The molecule has 15 rings (SSSR count). The largest absolute Gasteiger partial charge is 0.309 e.